The van der Waals surface area contributed by atoms with Gasteiger partial charge in [-0.15, -0.1) is 0 Å². The van der Waals surface area contributed by atoms with E-state index in [0.717, 1.165) is 11.3 Å². The maximum atomic E-state index is 12.8. The molecule has 1 aromatic rings. The summed E-state index contributed by atoms with van der Waals surface area (Å²) in [5.41, 5.74) is 1.77. The predicted molar refractivity (Wildman–Crippen MR) is 104 cm³/mol. The van der Waals surface area contributed by atoms with Crippen molar-refractivity contribution in [1.29, 1.82) is 0 Å². The Balaban J connectivity index is 2.09. The Bertz CT molecular complexity index is 725. The number of anilines is 1. The van der Waals surface area contributed by atoms with Crippen LogP contribution in [-0.4, -0.2) is 51.2 Å². The first-order valence-corrected chi connectivity index (χ1v) is 10.6. The highest BCUT2D eigenvalue weighted by Gasteiger charge is 2.32. The number of sulfonamides is 1. The first-order chi connectivity index (χ1) is 12.1. The molecule has 0 bridgehead atoms. The molecule has 0 radical (unpaired) electrons. The van der Waals surface area contributed by atoms with Crippen LogP contribution in [0.15, 0.2) is 24.3 Å². The van der Waals surface area contributed by atoms with Crippen LogP contribution in [0.5, 0.6) is 0 Å². The molecule has 7 heteroatoms. The van der Waals surface area contributed by atoms with Crippen molar-refractivity contribution in [3.8, 4) is 0 Å². The van der Waals surface area contributed by atoms with E-state index in [-0.39, 0.29) is 36.1 Å². The quantitative estimate of drug-likeness (QED) is 0.821. The molecule has 146 valence electrons. The molecule has 0 spiro atoms. The highest BCUT2D eigenvalue weighted by atomic mass is 32.2. The number of piperidine rings is 1. The lowest BCUT2D eigenvalue weighted by atomic mass is 9.85. The van der Waals surface area contributed by atoms with E-state index in [9.17, 15) is 13.2 Å². The topological polar surface area (TPSA) is 75.7 Å². The number of nitrogens with zero attached hydrogens (tertiary/aromatic N) is 1. The Labute approximate surface area is 157 Å². The van der Waals surface area contributed by atoms with Gasteiger partial charge in [0.2, 0.25) is 15.9 Å². The van der Waals surface area contributed by atoms with Crippen LogP contribution in [0.25, 0.3) is 0 Å². The SMILES string of the molecule is COCCS(=O)(=O)N1CCCC(C(=O)Nc2ccccc2C(C)(C)C)C1. The largest absolute Gasteiger partial charge is 0.384 e. The maximum Gasteiger partial charge on any atom is 0.228 e. The summed E-state index contributed by atoms with van der Waals surface area (Å²) in [4.78, 5) is 12.8. The molecular formula is C19H30N2O4S. The van der Waals surface area contributed by atoms with Crippen molar-refractivity contribution < 1.29 is 17.9 Å². The Morgan fingerprint density at radius 1 is 1.31 bits per heavy atom. The smallest absolute Gasteiger partial charge is 0.228 e. The van der Waals surface area contributed by atoms with Gasteiger partial charge < -0.3 is 10.1 Å². The average Bonchev–Trinajstić information content (AvgIpc) is 2.59. The molecule has 1 fully saturated rings. The lowest BCUT2D eigenvalue weighted by Gasteiger charge is -2.31. The van der Waals surface area contributed by atoms with Gasteiger partial charge in [-0.25, -0.2) is 12.7 Å². The average molecular weight is 383 g/mol. The number of amides is 1. The Morgan fingerprint density at radius 2 is 2.00 bits per heavy atom. The van der Waals surface area contributed by atoms with Crippen molar-refractivity contribution in [3.63, 3.8) is 0 Å². The van der Waals surface area contributed by atoms with Crippen molar-refractivity contribution in [2.75, 3.05) is 37.9 Å². The van der Waals surface area contributed by atoms with Crippen LogP contribution in [0, 0.1) is 5.92 Å². The number of nitrogens with one attached hydrogen (secondary N) is 1. The van der Waals surface area contributed by atoms with Crippen LogP contribution in [0.2, 0.25) is 0 Å². The lowest BCUT2D eigenvalue weighted by Crippen LogP contribution is -2.45. The summed E-state index contributed by atoms with van der Waals surface area (Å²) in [5, 5.41) is 3.02. The van der Waals surface area contributed by atoms with Crippen LogP contribution < -0.4 is 5.32 Å². The monoisotopic (exact) mass is 382 g/mol. The fraction of sp³-hybridized carbons (Fsp3) is 0.632. The molecule has 1 heterocycles. The molecule has 0 aliphatic carbocycles. The number of carbonyl (C=O) groups is 1. The predicted octanol–water partition coefficient (Wildman–Crippen LogP) is 2.61. The highest BCUT2D eigenvalue weighted by Crippen LogP contribution is 2.30. The van der Waals surface area contributed by atoms with Crippen LogP contribution in [0.1, 0.15) is 39.2 Å². The summed E-state index contributed by atoms with van der Waals surface area (Å²) < 4.78 is 31.0. The summed E-state index contributed by atoms with van der Waals surface area (Å²) in [6.45, 7) is 7.16. The fourth-order valence-electron chi connectivity index (χ4n) is 3.21. The van der Waals surface area contributed by atoms with Gasteiger partial charge in [0.15, 0.2) is 0 Å². The van der Waals surface area contributed by atoms with Crippen molar-refractivity contribution in [2.45, 2.75) is 39.0 Å². The summed E-state index contributed by atoms with van der Waals surface area (Å²) in [5.74, 6) is -0.507. The van der Waals surface area contributed by atoms with E-state index in [0.29, 0.717) is 19.4 Å². The zero-order chi connectivity index (χ0) is 19.4. The molecule has 1 N–H and O–H groups in total. The van der Waals surface area contributed by atoms with E-state index in [1.807, 2.05) is 24.3 Å². The normalized spacial score (nSPS) is 19.3. The van der Waals surface area contributed by atoms with E-state index >= 15 is 0 Å². The molecule has 1 aliphatic heterocycles. The number of carbonyl (C=O) groups excluding carboxylic acids is 1. The summed E-state index contributed by atoms with van der Waals surface area (Å²) in [7, 11) is -1.91. The third-order valence-electron chi connectivity index (χ3n) is 4.69. The highest BCUT2D eigenvalue weighted by molar-refractivity contribution is 7.89. The fourth-order valence-corrected chi connectivity index (χ4v) is 4.66. The third-order valence-corrected chi connectivity index (χ3v) is 6.49. The minimum Gasteiger partial charge on any atom is -0.384 e. The van der Waals surface area contributed by atoms with Crippen LogP contribution in [0.4, 0.5) is 5.69 Å². The Kier molecular flexibility index (Phi) is 6.82. The van der Waals surface area contributed by atoms with E-state index in [1.54, 1.807) is 0 Å². The molecule has 2 rings (SSSR count). The molecule has 1 aromatic carbocycles. The first-order valence-electron chi connectivity index (χ1n) is 9.02. The van der Waals surface area contributed by atoms with Crippen molar-refractivity contribution in [1.82, 2.24) is 4.31 Å². The van der Waals surface area contributed by atoms with Gasteiger partial charge in [0.05, 0.1) is 18.3 Å². The molecule has 1 saturated heterocycles. The van der Waals surface area contributed by atoms with Crippen molar-refractivity contribution in [2.24, 2.45) is 5.92 Å². The number of rotatable bonds is 6. The molecule has 1 atom stereocenters. The van der Waals surface area contributed by atoms with Gasteiger partial charge >= 0.3 is 0 Å². The third kappa shape index (κ3) is 5.28. The summed E-state index contributed by atoms with van der Waals surface area (Å²) in [6, 6.07) is 7.76. The van der Waals surface area contributed by atoms with Crippen molar-refractivity contribution >= 4 is 21.6 Å². The zero-order valence-corrected chi connectivity index (χ0v) is 16.9. The second-order valence-corrected chi connectivity index (χ2v) is 9.88. The molecule has 0 aromatic heterocycles. The van der Waals surface area contributed by atoms with E-state index in [4.69, 9.17) is 4.74 Å². The van der Waals surface area contributed by atoms with Gasteiger partial charge in [0, 0.05) is 25.9 Å². The van der Waals surface area contributed by atoms with Crippen LogP contribution in [0.3, 0.4) is 0 Å². The van der Waals surface area contributed by atoms with Gasteiger partial charge in [-0.1, -0.05) is 39.0 Å². The van der Waals surface area contributed by atoms with E-state index in [1.165, 1.54) is 11.4 Å². The standard InChI is InChI=1S/C19H30N2O4S/c1-19(2,3)16-9-5-6-10-17(16)20-18(22)15-8-7-11-21(14-15)26(23,24)13-12-25-4/h5-6,9-10,15H,7-8,11-14H2,1-4H3,(H,20,22). The van der Waals surface area contributed by atoms with E-state index < -0.39 is 10.0 Å². The van der Waals surface area contributed by atoms with Gasteiger partial charge in [-0.05, 0) is 29.9 Å². The molecule has 6 nitrogen and oxygen atoms in total. The molecule has 26 heavy (non-hydrogen) atoms. The van der Waals surface area contributed by atoms with Crippen molar-refractivity contribution in [3.05, 3.63) is 29.8 Å². The summed E-state index contributed by atoms with van der Waals surface area (Å²) in [6.07, 6.45) is 1.38. The number of para-hydroxylation sites is 1. The number of hydrogen-bond donors (Lipinski definition) is 1. The molecule has 0 saturated carbocycles. The zero-order valence-electron chi connectivity index (χ0n) is 16.1. The lowest BCUT2D eigenvalue weighted by molar-refractivity contribution is -0.120. The summed E-state index contributed by atoms with van der Waals surface area (Å²) >= 11 is 0. The van der Waals surface area contributed by atoms with Crippen LogP contribution >= 0.6 is 0 Å². The number of benzene rings is 1. The number of hydrogen-bond acceptors (Lipinski definition) is 4. The van der Waals surface area contributed by atoms with Crippen LogP contribution in [-0.2, 0) is 25.0 Å². The second-order valence-electron chi connectivity index (χ2n) is 7.79. The Morgan fingerprint density at radius 3 is 2.65 bits per heavy atom. The maximum absolute atomic E-state index is 12.8. The van der Waals surface area contributed by atoms with Gasteiger partial charge in [0.25, 0.3) is 0 Å². The minimum atomic E-state index is -3.39. The first kappa shape index (κ1) is 20.9. The minimum absolute atomic E-state index is 0.0509. The van der Waals surface area contributed by atoms with E-state index in [2.05, 4.69) is 26.1 Å². The molecule has 1 amide bonds. The van der Waals surface area contributed by atoms with Gasteiger partial charge in [-0.3, -0.25) is 4.79 Å². The molecular weight excluding hydrogens is 352 g/mol. The second kappa shape index (κ2) is 8.50. The molecule has 1 aliphatic rings. The number of methoxy groups -OCH3 is 1. The number of ether oxygens (including phenoxy) is 1. The van der Waals surface area contributed by atoms with Gasteiger partial charge in [0.1, 0.15) is 0 Å². The molecule has 1 unspecified atom stereocenters. The Hall–Kier alpha value is -1.44. The van der Waals surface area contributed by atoms with Gasteiger partial charge in [-0.2, -0.15) is 0 Å².